The van der Waals surface area contributed by atoms with E-state index in [0.29, 0.717) is 17.7 Å². The Morgan fingerprint density at radius 1 is 1.09 bits per heavy atom. The molecule has 8 heteroatoms. The summed E-state index contributed by atoms with van der Waals surface area (Å²) in [7, 11) is 1.84. The summed E-state index contributed by atoms with van der Waals surface area (Å²) in [5.41, 5.74) is 3.42. The lowest BCUT2D eigenvalue weighted by Gasteiger charge is -2.16. The highest BCUT2D eigenvalue weighted by atomic mass is 19.1. The first-order valence-corrected chi connectivity index (χ1v) is 11.3. The zero-order valence-electron chi connectivity index (χ0n) is 19.3. The summed E-state index contributed by atoms with van der Waals surface area (Å²) in [5, 5.41) is 15.2. The topological polar surface area (TPSA) is 104 Å². The molecule has 1 aromatic carbocycles. The van der Waals surface area contributed by atoms with Gasteiger partial charge in [-0.05, 0) is 73.2 Å². The van der Waals surface area contributed by atoms with Crippen LogP contribution in [-0.4, -0.2) is 40.0 Å². The molecule has 2 heterocycles. The molecule has 0 aliphatic heterocycles. The van der Waals surface area contributed by atoms with Crippen LogP contribution < -0.4 is 10.6 Å². The van der Waals surface area contributed by atoms with Crippen LogP contribution in [0.3, 0.4) is 0 Å². The average molecular weight is 465 g/mol. The van der Waals surface area contributed by atoms with Gasteiger partial charge in [-0.3, -0.25) is 9.78 Å². The molecule has 1 amide bonds. The zero-order chi connectivity index (χ0) is 24.5. The van der Waals surface area contributed by atoms with Gasteiger partial charge in [0, 0.05) is 36.6 Å². The Labute approximate surface area is 198 Å². The molecule has 0 saturated carbocycles. The fourth-order valence-corrected chi connectivity index (χ4v) is 3.68. The summed E-state index contributed by atoms with van der Waals surface area (Å²) in [6, 6.07) is 12.3. The molecular formula is C26H29FN4O3. The predicted molar refractivity (Wildman–Crippen MR) is 128 cm³/mol. The van der Waals surface area contributed by atoms with Gasteiger partial charge < -0.3 is 15.7 Å². The summed E-state index contributed by atoms with van der Waals surface area (Å²) in [6.45, 7) is 1.81. The van der Waals surface area contributed by atoms with Crippen molar-refractivity contribution < 1.29 is 19.1 Å². The largest absolute Gasteiger partial charge is 0.480 e. The van der Waals surface area contributed by atoms with Crippen LogP contribution in [0, 0.1) is 5.82 Å². The minimum Gasteiger partial charge on any atom is -0.480 e. The molecule has 3 rings (SSSR count). The van der Waals surface area contributed by atoms with Crippen LogP contribution in [0.25, 0.3) is 0 Å². The van der Waals surface area contributed by atoms with E-state index in [1.54, 1.807) is 12.3 Å². The fraction of sp³-hybridized carbons (Fsp3) is 0.308. The Kier molecular flexibility index (Phi) is 8.67. The SMILES string of the molecule is CCc1cc(F)ccc1C(=O)N[C@@H](Cc1ccc(CCCc2cccc(NC)n2)cn1)C(=O)O. The number of benzene rings is 1. The molecule has 0 aliphatic carbocycles. The lowest BCUT2D eigenvalue weighted by Crippen LogP contribution is -2.42. The number of nitrogens with zero attached hydrogens (tertiary/aromatic N) is 2. The number of carbonyl (C=O) groups excluding carboxylic acids is 1. The van der Waals surface area contributed by atoms with E-state index in [1.807, 2.05) is 38.2 Å². The molecule has 0 radical (unpaired) electrons. The minimum absolute atomic E-state index is 0.0464. The number of carboxylic acids is 1. The summed E-state index contributed by atoms with van der Waals surface area (Å²) in [6.07, 6.45) is 4.81. The highest BCUT2D eigenvalue weighted by molar-refractivity contribution is 5.97. The third-order valence-corrected chi connectivity index (χ3v) is 5.56. The standard InChI is InChI=1S/C26H29FN4O3/c1-3-18-14-19(27)11-13-22(18)25(32)31-23(26(33)34)15-21-12-10-17(16-29-21)6-4-7-20-8-5-9-24(28-2)30-20/h5,8-14,16,23H,3-4,6-7,15H2,1-2H3,(H,28,30)(H,31,32)(H,33,34)/t23-/m0/s1. The maximum Gasteiger partial charge on any atom is 0.326 e. The molecule has 0 saturated heterocycles. The predicted octanol–water partition coefficient (Wildman–Crippen LogP) is 3.82. The molecule has 1 atom stereocenters. The van der Waals surface area contributed by atoms with Crippen molar-refractivity contribution in [3.8, 4) is 0 Å². The highest BCUT2D eigenvalue weighted by Gasteiger charge is 2.23. The normalized spacial score (nSPS) is 11.6. The van der Waals surface area contributed by atoms with E-state index in [2.05, 4.69) is 20.6 Å². The zero-order valence-corrected chi connectivity index (χ0v) is 19.3. The number of anilines is 1. The fourth-order valence-electron chi connectivity index (χ4n) is 3.68. The Morgan fingerprint density at radius 2 is 1.91 bits per heavy atom. The van der Waals surface area contributed by atoms with E-state index < -0.39 is 23.7 Å². The number of hydrogen-bond donors (Lipinski definition) is 3. The molecule has 178 valence electrons. The number of carboxylic acid groups (broad SMARTS) is 1. The van der Waals surface area contributed by atoms with Crippen molar-refractivity contribution in [2.24, 2.45) is 0 Å². The second-order valence-electron chi connectivity index (χ2n) is 8.00. The number of rotatable bonds is 11. The van der Waals surface area contributed by atoms with Crippen molar-refractivity contribution in [1.82, 2.24) is 15.3 Å². The number of amides is 1. The number of nitrogens with one attached hydrogen (secondary N) is 2. The molecule has 34 heavy (non-hydrogen) atoms. The number of carbonyl (C=O) groups is 2. The number of aryl methyl sites for hydroxylation is 3. The molecular weight excluding hydrogens is 435 g/mol. The van der Waals surface area contributed by atoms with Gasteiger partial charge in [0.05, 0.1) is 0 Å². The molecule has 3 aromatic rings. The number of pyridine rings is 2. The van der Waals surface area contributed by atoms with Crippen LogP contribution in [-0.2, 0) is 30.5 Å². The molecule has 0 bridgehead atoms. The van der Waals surface area contributed by atoms with Gasteiger partial charge in [0.2, 0.25) is 0 Å². The van der Waals surface area contributed by atoms with Gasteiger partial charge in [-0.15, -0.1) is 0 Å². The van der Waals surface area contributed by atoms with Crippen LogP contribution in [0.5, 0.6) is 0 Å². The van der Waals surface area contributed by atoms with Crippen LogP contribution >= 0.6 is 0 Å². The first-order chi connectivity index (χ1) is 16.4. The van der Waals surface area contributed by atoms with E-state index in [1.165, 1.54) is 18.2 Å². The summed E-state index contributed by atoms with van der Waals surface area (Å²) >= 11 is 0. The Hall–Kier alpha value is -3.81. The third kappa shape index (κ3) is 6.84. The van der Waals surface area contributed by atoms with Crippen LogP contribution in [0.4, 0.5) is 10.2 Å². The Balaban J connectivity index is 1.57. The second kappa shape index (κ2) is 11.9. The van der Waals surface area contributed by atoms with Crippen LogP contribution in [0.1, 0.15) is 46.2 Å². The van der Waals surface area contributed by atoms with Crippen molar-refractivity contribution in [3.05, 3.63) is 88.6 Å². The Bertz CT molecular complexity index is 1140. The molecule has 0 aliphatic rings. The van der Waals surface area contributed by atoms with E-state index in [0.717, 1.165) is 36.3 Å². The third-order valence-electron chi connectivity index (χ3n) is 5.56. The lowest BCUT2D eigenvalue weighted by molar-refractivity contribution is -0.139. The summed E-state index contributed by atoms with van der Waals surface area (Å²) in [4.78, 5) is 33.3. The molecule has 7 nitrogen and oxygen atoms in total. The van der Waals surface area contributed by atoms with E-state index in [4.69, 9.17) is 0 Å². The molecule has 0 spiro atoms. The molecule has 0 unspecified atom stereocenters. The van der Waals surface area contributed by atoms with Gasteiger partial charge in [0.1, 0.15) is 17.7 Å². The molecule has 3 N–H and O–H groups in total. The minimum atomic E-state index is -1.16. The smallest absolute Gasteiger partial charge is 0.326 e. The van der Waals surface area contributed by atoms with E-state index in [-0.39, 0.29) is 12.0 Å². The van der Waals surface area contributed by atoms with E-state index in [9.17, 15) is 19.1 Å². The van der Waals surface area contributed by atoms with Crippen molar-refractivity contribution >= 4 is 17.7 Å². The summed E-state index contributed by atoms with van der Waals surface area (Å²) < 4.78 is 13.5. The van der Waals surface area contributed by atoms with Crippen molar-refractivity contribution in [2.45, 2.75) is 45.1 Å². The summed E-state index contributed by atoms with van der Waals surface area (Å²) in [5.74, 6) is -1.29. The molecule has 0 fully saturated rings. The van der Waals surface area contributed by atoms with Gasteiger partial charge in [0.15, 0.2) is 0 Å². The number of aliphatic carboxylic acids is 1. The maximum absolute atomic E-state index is 13.5. The van der Waals surface area contributed by atoms with Crippen molar-refractivity contribution in [3.63, 3.8) is 0 Å². The maximum atomic E-state index is 13.5. The second-order valence-corrected chi connectivity index (χ2v) is 8.00. The quantitative estimate of drug-likeness (QED) is 0.399. The van der Waals surface area contributed by atoms with Gasteiger partial charge in [-0.2, -0.15) is 0 Å². The van der Waals surface area contributed by atoms with Gasteiger partial charge in [-0.25, -0.2) is 14.2 Å². The monoisotopic (exact) mass is 464 g/mol. The lowest BCUT2D eigenvalue weighted by atomic mass is 10.0. The number of halogens is 1. The van der Waals surface area contributed by atoms with Crippen LogP contribution in [0.2, 0.25) is 0 Å². The van der Waals surface area contributed by atoms with Gasteiger partial charge in [-0.1, -0.05) is 19.1 Å². The number of aromatic nitrogens is 2. The van der Waals surface area contributed by atoms with Crippen molar-refractivity contribution in [2.75, 3.05) is 12.4 Å². The molecule has 2 aromatic heterocycles. The number of hydrogen-bond acceptors (Lipinski definition) is 5. The van der Waals surface area contributed by atoms with Crippen molar-refractivity contribution in [1.29, 1.82) is 0 Å². The highest BCUT2D eigenvalue weighted by Crippen LogP contribution is 2.14. The van der Waals surface area contributed by atoms with Gasteiger partial charge >= 0.3 is 5.97 Å². The average Bonchev–Trinajstić information content (AvgIpc) is 2.84. The Morgan fingerprint density at radius 3 is 2.59 bits per heavy atom. The first-order valence-electron chi connectivity index (χ1n) is 11.3. The van der Waals surface area contributed by atoms with E-state index >= 15 is 0 Å². The van der Waals surface area contributed by atoms with Gasteiger partial charge in [0.25, 0.3) is 5.91 Å². The first kappa shape index (κ1) is 24.8. The van der Waals surface area contributed by atoms with Crippen LogP contribution in [0.15, 0.2) is 54.7 Å².